The number of nitrogens with zero attached hydrogens (tertiary/aromatic N) is 2. The van der Waals surface area contributed by atoms with Gasteiger partial charge in [0, 0.05) is 12.6 Å². The van der Waals surface area contributed by atoms with Crippen LogP contribution in [0.2, 0.25) is 0 Å². The molecule has 0 atom stereocenters. The van der Waals surface area contributed by atoms with Gasteiger partial charge in [0.05, 0.1) is 5.41 Å². The Morgan fingerprint density at radius 1 is 1.50 bits per heavy atom. The van der Waals surface area contributed by atoms with Crippen molar-refractivity contribution in [3.05, 3.63) is 28.4 Å². The van der Waals surface area contributed by atoms with Crippen LogP contribution in [0.1, 0.15) is 12.8 Å². The Kier molecular flexibility index (Phi) is 3.44. The van der Waals surface area contributed by atoms with Crippen LogP contribution in [-0.4, -0.2) is 35.9 Å². The van der Waals surface area contributed by atoms with E-state index in [9.17, 15) is 23.3 Å². The van der Waals surface area contributed by atoms with Crippen LogP contribution in [0.15, 0.2) is 23.2 Å². The summed E-state index contributed by atoms with van der Waals surface area (Å²) in [5.74, 6) is -1.50. The van der Waals surface area contributed by atoms with Gasteiger partial charge in [0.15, 0.2) is 6.20 Å². The minimum absolute atomic E-state index is 0.207. The first-order valence-corrected chi connectivity index (χ1v) is 7.09. The number of pyridine rings is 1. The predicted molar refractivity (Wildman–Crippen MR) is 65.4 cm³/mol. The Morgan fingerprint density at radius 3 is 2.55 bits per heavy atom. The number of nitro groups is 1. The minimum atomic E-state index is -3.93. The number of carboxylic acid groups (broad SMARTS) is 1. The van der Waals surface area contributed by atoms with Gasteiger partial charge in [0.2, 0.25) is 10.0 Å². The van der Waals surface area contributed by atoms with Crippen LogP contribution in [0.25, 0.3) is 0 Å². The maximum atomic E-state index is 11.9. The number of hydrogen-bond donors (Lipinski definition) is 2. The third kappa shape index (κ3) is 2.75. The summed E-state index contributed by atoms with van der Waals surface area (Å²) in [5, 5.41) is 19.4. The average molecular weight is 301 g/mol. The van der Waals surface area contributed by atoms with E-state index in [0.717, 1.165) is 18.3 Å². The molecule has 1 saturated carbocycles. The van der Waals surface area contributed by atoms with Crippen molar-refractivity contribution in [2.45, 2.75) is 17.7 Å². The lowest BCUT2D eigenvalue weighted by Gasteiger charge is -2.10. The molecule has 1 fully saturated rings. The van der Waals surface area contributed by atoms with Crippen LogP contribution in [0.5, 0.6) is 0 Å². The number of nitrogens with one attached hydrogen (secondary N) is 1. The second-order valence-corrected chi connectivity index (χ2v) is 6.29. The van der Waals surface area contributed by atoms with E-state index in [1.54, 1.807) is 0 Å². The predicted octanol–water partition coefficient (Wildman–Crippen LogP) is 0.133. The Bertz CT molecular complexity index is 650. The molecule has 0 aliphatic heterocycles. The van der Waals surface area contributed by atoms with E-state index in [1.807, 2.05) is 0 Å². The molecule has 2 N–H and O–H groups in total. The van der Waals surface area contributed by atoms with Crippen LogP contribution in [0.3, 0.4) is 0 Å². The van der Waals surface area contributed by atoms with Crippen LogP contribution in [0, 0.1) is 15.5 Å². The summed E-state index contributed by atoms with van der Waals surface area (Å²) in [6, 6.07) is 2.02. The lowest BCUT2D eigenvalue weighted by molar-refractivity contribution is -0.389. The Morgan fingerprint density at radius 2 is 2.15 bits per heavy atom. The number of sulfonamides is 1. The fourth-order valence-corrected chi connectivity index (χ4v) is 2.64. The maximum Gasteiger partial charge on any atom is 0.363 e. The number of aromatic nitrogens is 1. The number of rotatable bonds is 6. The van der Waals surface area contributed by atoms with E-state index < -0.39 is 32.1 Å². The Balaban J connectivity index is 2.10. The second-order valence-electron chi connectivity index (χ2n) is 4.52. The van der Waals surface area contributed by atoms with Crippen molar-refractivity contribution >= 4 is 21.8 Å². The van der Waals surface area contributed by atoms with Crippen molar-refractivity contribution in [3.8, 4) is 0 Å². The third-order valence-electron chi connectivity index (χ3n) is 3.13. The van der Waals surface area contributed by atoms with Crippen molar-refractivity contribution in [1.82, 2.24) is 9.71 Å². The summed E-state index contributed by atoms with van der Waals surface area (Å²) in [4.78, 5) is 23.8. The van der Waals surface area contributed by atoms with Gasteiger partial charge in [0.25, 0.3) is 0 Å². The Hall–Kier alpha value is -2.07. The molecule has 0 unspecified atom stereocenters. The fourth-order valence-electron chi connectivity index (χ4n) is 1.57. The van der Waals surface area contributed by atoms with E-state index in [0.29, 0.717) is 12.8 Å². The second kappa shape index (κ2) is 4.80. The van der Waals surface area contributed by atoms with Gasteiger partial charge >= 0.3 is 11.8 Å². The Labute approximate surface area is 113 Å². The topological polar surface area (TPSA) is 140 Å². The van der Waals surface area contributed by atoms with E-state index in [2.05, 4.69) is 9.71 Å². The quantitative estimate of drug-likeness (QED) is 0.562. The van der Waals surface area contributed by atoms with E-state index in [1.165, 1.54) is 0 Å². The molecule has 1 aliphatic rings. The molecule has 0 amide bonds. The summed E-state index contributed by atoms with van der Waals surface area (Å²) in [5.41, 5.74) is -1.03. The zero-order valence-electron chi connectivity index (χ0n) is 10.1. The SMILES string of the molecule is O=C(O)C1(CNS(=O)(=O)c2ccc([N+](=O)[O-])nc2)CC1. The number of hydrogen-bond acceptors (Lipinski definition) is 6. The van der Waals surface area contributed by atoms with Gasteiger partial charge in [0.1, 0.15) is 4.90 Å². The largest absolute Gasteiger partial charge is 0.481 e. The highest BCUT2D eigenvalue weighted by atomic mass is 32.2. The molecule has 20 heavy (non-hydrogen) atoms. The highest BCUT2D eigenvalue weighted by Crippen LogP contribution is 2.45. The molecule has 0 bridgehead atoms. The third-order valence-corrected chi connectivity index (χ3v) is 4.51. The zero-order chi connectivity index (χ0) is 15.0. The molecule has 10 heteroatoms. The molecule has 0 saturated heterocycles. The first-order chi connectivity index (χ1) is 9.27. The van der Waals surface area contributed by atoms with Crippen molar-refractivity contribution < 1.29 is 23.2 Å². The van der Waals surface area contributed by atoms with Gasteiger partial charge in [-0.25, -0.2) is 13.1 Å². The summed E-state index contributed by atoms with van der Waals surface area (Å²) in [6.45, 7) is -0.207. The smallest absolute Gasteiger partial charge is 0.363 e. The molecule has 0 spiro atoms. The molecule has 1 aromatic rings. The van der Waals surface area contributed by atoms with Crippen molar-refractivity contribution in [2.24, 2.45) is 5.41 Å². The monoisotopic (exact) mass is 301 g/mol. The minimum Gasteiger partial charge on any atom is -0.481 e. The normalized spacial score (nSPS) is 16.6. The summed E-state index contributed by atoms with van der Waals surface area (Å²) in [6.07, 6.45) is 1.70. The van der Waals surface area contributed by atoms with E-state index >= 15 is 0 Å². The lowest BCUT2D eigenvalue weighted by atomic mass is 10.1. The first-order valence-electron chi connectivity index (χ1n) is 5.60. The van der Waals surface area contributed by atoms with Crippen LogP contribution in [0.4, 0.5) is 5.82 Å². The standard InChI is InChI=1S/C10H11N3O6S/c14-9(15)10(3-4-10)6-12-20(18,19)7-1-2-8(11-5-7)13(16)17/h1-2,5,12H,3-4,6H2,(H,14,15). The molecule has 1 aromatic heterocycles. The lowest BCUT2D eigenvalue weighted by Crippen LogP contribution is -2.34. The molecule has 9 nitrogen and oxygen atoms in total. The molecule has 108 valence electrons. The van der Waals surface area contributed by atoms with Gasteiger partial charge in [-0.3, -0.25) is 4.79 Å². The summed E-state index contributed by atoms with van der Waals surface area (Å²) in [7, 11) is -3.93. The molecule has 1 aliphatic carbocycles. The summed E-state index contributed by atoms with van der Waals surface area (Å²) < 4.78 is 26.0. The highest BCUT2D eigenvalue weighted by Gasteiger charge is 2.50. The van der Waals surface area contributed by atoms with E-state index in [-0.39, 0.29) is 11.4 Å². The van der Waals surface area contributed by atoms with Crippen LogP contribution >= 0.6 is 0 Å². The molecular formula is C10H11N3O6S. The van der Waals surface area contributed by atoms with E-state index in [4.69, 9.17) is 5.11 Å². The number of aliphatic carboxylic acids is 1. The number of carboxylic acids is 1. The number of carbonyl (C=O) groups is 1. The molecule has 0 radical (unpaired) electrons. The molecule has 0 aromatic carbocycles. The van der Waals surface area contributed by atoms with Crippen molar-refractivity contribution in [3.63, 3.8) is 0 Å². The van der Waals surface area contributed by atoms with Gasteiger partial charge < -0.3 is 15.2 Å². The molecule has 1 heterocycles. The first kappa shape index (κ1) is 14.3. The maximum absolute atomic E-state index is 11.9. The van der Waals surface area contributed by atoms with Crippen LogP contribution in [-0.2, 0) is 14.8 Å². The summed E-state index contributed by atoms with van der Waals surface area (Å²) >= 11 is 0. The fraction of sp³-hybridized carbons (Fsp3) is 0.400. The zero-order valence-corrected chi connectivity index (χ0v) is 11.0. The van der Waals surface area contributed by atoms with Gasteiger partial charge in [-0.1, -0.05) is 0 Å². The van der Waals surface area contributed by atoms with Gasteiger partial charge in [-0.05, 0) is 28.8 Å². The average Bonchev–Trinajstić information content (AvgIpc) is 3.18. The van der Waals surface area contributed by atoms with Crippen LogP contribution < -0.4 is 4.72 Å². The van der Waals surface area contributed by atoms with Gasteiger partial charge in [-0.2, -0.15) is 0 Å². The highest BCUT2D eigenvalue weighted by molar-refractivity contribution is 7.89. The van der Waals surface area contributed by atoms with Gasteiger partial charge in [-0.15, -0.1) is 0 Å². The van der Waals surface area contributed by atoms with Crippen molar-refractivity contribution in [2.75, 3.05) is 6.54 Å². The molecule has 2 rings (SSSR count). The molecular weight excluding hydrogens is 290 g/mol. The van der Waals surface area contributed by atoms with Crippen molar-refractivity contribution in [1.29, 1.82) is 0 Å².